The zero-order chi connectivity index (χ0) is 20.6. The SMILES string of the molecule is Cc1cc(NC(=O)CSCC(=O)O[C@H](C(=O)N2CCCC2)c2ccccc2)no1. The molecule has 1 aliphatic rings. The van der Waals surface area contributed by atoms with Gasteiger partial charge in [0.2, 0.25) is 12.0 Å². The van der Waals surface area contributed by atoms with Gasteiger partial charge in [0.05, 0.1) is 11.5 Å². The van der Waals surface area contributed by atoms with Crippen LogP contribution in [0.5, 0.6) is 0 Å². The molecule has 1 atom stereocenters. The highest BCUT2D eigenvalue weighted by atomic mass is 32.2. The average molecular weight is 417 g/mol. The van der Waals surface area contributed by atoms with Crippen LogP contribution in [0.25, 0.3) is 0 Å². The van der Waals surface area contributed by atoms with Crippen molar-refractivity contribution in [3.63, 3.8) is 0 Å². The maximum atomic E-state index is 12.8. The fourth-order valence-electron chi connectivity index (χ4n) is 2.99. The Bertz CT molecular complexity index is 849. The first-order valence-electron chi connectivity index (χ1n) is 9.37. The van der Waals surface area contributed by atoms with Crippen LogP contribution >= 0.6 is 11.8 Å². The lowest BCUT2D eigenvalue weighted by Gasteiger charge is -2.23. The fraction of sp³-hybridized carbons (Fsp3) is 0.400. The van der Waals surface area contributed by atoms with E-state index < -0.39 is 12.1 Å². The van der Waals surface area contributed by atoms with Gasteiger partial charge in [-0.25, -0.2) is 0 Å². The van der Waals surface area contributed by atoms with Crippen LogP contribution in [0.2, 0.25) is 0 Å². The second-order valence-electron chi connectivity index (χ2n) is 6.68. The van der Waals surface area contributed by atoms with Crippen molar-refractivity contribution in [3.8, 4) is 0 Å². The van der Waals surface area contributed by atoms with Crippen molar-refractivity contribution in [2.45, 2.75) is 25.9 Å². The van der Waals surface area contributed by atoms with E-state index in [0.717, 1.165) is 24.6 Å². The molecule has 29 heavy (non-hydrogen) atoms. The molecule has 0 spiro atoms. The molecular formula is C20H23N3O5S. The summed E-state index contributed by atoms with van der Waals surface area (Å²) in [7, 11) is 0. The van der Waals surface area contributed by atoms with Crippen LogP contribution in [0.1, 0.15) is 30.3 Å². The topological polar surface area (TPSA) is 102 Å². The van der Waals surface area contributed by atoms with Crippen LogP contribution in [-0.2, 0) is 19.1 Å². The van der Waals surface area contributed by atoms with Crippen LogP contribution < -0.4 is 5.32 Å². The second-order valence-corrected chi connectivity index (χ2v) is 7.66. The van der Waals surface area contributed by atoms with Crippen molar-refractivity contribution >= 4 is 35.4 Å². The molecule has 2 heterocycles. The van der Waals surface area contributed by atoms with Gasteiger partial charge in [0.1, 0.15) is 5.76 Å². The van der Waals surface area contributed by atoms with E-state index in [4.69, 9.17) is 9.26 Å². The maximum absolute atomic E-state index is 12.8. The molecular weight excluding hydrogens is 394 g/mol. The number of aryl methyl sites for hydroxylation is 1. The van der Waals surface area contributed by atoms with E-state index >= 15 is 0 Å². The van der Waals surface area contributed by atoms with Gasteiger partial charge in [0.25, 0.3) is 5.91 Å². The van der Waals surface area contributed by atoms with E-state index in [1.165, 1.54) is 0 Å². The van der Waals surface area contributed by atoms with Gasteiger partial charge < -0.3 is 19.5 Å². The van der Waals surface area contributed by atoms with Crippen molar-refractivity contribution in [1.82, 2.24) is 10.1 Å². The molecule has 1 N–H and O–H groups in total. The lowest BCUT2D eigenvalue weighted by molar-refractivity contribution is -0.158. The smallest absolute Gasteiger partial charge is 0.317 e. The summed E-state index contributed by atoms with van der Waals surface area (Å²) < 4.78 is 10.4. The van der Waals surface area contributed by atoms with Gasteiger partial charge in [0.15, 0.2) is 5.82 Å². The molecule has 3 rings (SSSR count). The number of anilines is 1. The first kappa shape index (κ1) is 20.9. The van der Waals surface area contributed by atoms with Crippen molar-refractivity contribution in [3.05, 3.63) is 47.7 Å². The molecule has 1 aromatic carbocycles. The Balaban J connectivity index is 1.51. The molecule has 0 unspecified atom stereocenters. The lowest BCUT2D eigenvalue weighted by Crippen LogP contribution is -2.35. The maximum Gasteiger partial charge on any atom is 0.317 e. The number of likely N-dealkylation sites (tertiary alicyclic amines) is 1. The summed E-state index contributed by atoms with van der Waals surface area (Å²) in [6.07, 6.45) is 0.948. The summed E-state index contributed by atoms with van der Waals surface area (Å²) in [6, 6.07) is 10.6. The first-order valence-corrected chi connectivity index (χ1v) is 10.5. The molecule has 0 saturated carbocycles. The molecule has 1 aromatic heterocycles. The van der Waals surface area contributed by atoms with Gasteiger partial charge >= 0.3 is 5.97 Å². The van der Waals surface area contributed by atoms with Crippen molar-refractivity contribution in [2.75, 3.05) is 29.9 Å². The summed E-state index contributed by atoms with van der Waals surface area (Å²) in [5.74, 6) is -0.113. The van der Waals surface area contributed by atoms with Gasteiger partial charge in [0, 0.05) is 24.7 Å². The summed E-state index contributed by atoms with van der Waals surface area (Å²) in [6.45, 7) is 3.08. The molecule has 154 valence electrons. The molecule has 1 aliphatic heterocycles. The predicted molar refractivity (Wildman–Crippen MR) is 108 cm³/mol. The number of aromatic nitrogens is 1. The summed E-state index contributed by atoms with van der Waals surface area (Å²) >= 11 is 1.11. The van der Waals surface area contributed by atoms with Gasteiger partial charge in [-0.2, -0.15) is 0 Å². The minimum atomic E-state index is -0.964. The normalized spacial score (nSPS) is 14.4. The number of ether oxygens (including phenoxy) is 1. The quantitative estimate of drug-likeness (QED) is 0.659. The number of esters is 1. The van der Waals surface area contributed by atoms with E-state index in [-0.39, 0.29) is 23.3 Å². The molecule has 9 heteroatoms. The molecule has 1 fully saturated rings. The molecule has 0 radical (unpaired) electrons. The zero-order valence-electron chi connectivity index (χ0n) is 16.1. The minimum Gasteiger partial charge on any atom is -0.447 e. The average Bonchev–Trinajstić information content (AvgIpc) is 3.38. The number of carbonyl (C=O) groups excluding carboxylic acids is 3. The highest BCUT2D eigenvalue weighted by molar-refractivity contribution is 8.00. The van der Waals surface area contributed by atoms with Crippen LogP contribution in [-0.4, -0.2) is 52.4 Å². The number of nitrogens with one attached hydrogen (secondary N) is 1. The third kappa shape index (κ3) is 6.08. The van der Waals surface area contributed by atoms with Crippen LogP contribution in [0.4, 0.5) is 5.82 Å². The Hall–Kier alpha value is -2.81. The summed E-state index contributed by atoms with van der Waals surface area (Å²) in [4.78, 5) is 38.8. The minimum absolute atomic E-state index is 0.0398. The van der Waals surface area contributed by atoms with Crippen LogP contribution in [0, 0.1) is 6.92 Å². The van der Waals surface area contributed by atoms with Crippen molar-refractivity contribution in [2.24, 2.45) is 0 Å². The molecule has 1 saturated heterocycles. The Kier molecular flexibility index (Phi) is 7.29. The highest BCUT2D eigenvalue weighted by Gasteiger charge is 2.30. The summed E-state index contributed by atoms with van der Waals surface area (Å²) in [5.41, 5.74) is 0.641. The number of nitrogens with zero attached hydrogens (tertiary/aromatic N) is 2. The number of amides is 2. The first-order chi connectivity index (χ1) is 14.0. The van der Waals surface area contributed by atoms with Crippen LogP contribution in [0.3, 0.4) is 0 Å². The number of hydrogen-bond donors (Lipinski definition) is 1. The summed E-state index contributed by atoms with van der Waals surface area (Å²) in [5, 5.41) is 6.26. The Morgan fingerprint density at radius 1 is 1.21 bits per heavy atom. The number of thioether (sulfide) groups is 1. The van der Waals surface area contributed by atoms with Gasteiger partial charge in [-0.1, -0.05) is 35.5 Å². The number of carbonyl (C=O) groups is 3. The van der Waals surface area contributed by atoms with Crippen molar-refractivity contribution < 1.29 is 23.6 Å². The van der Waals surface area contributed by atoms with Gasteiger partial charge in [-0.05, 0) is 19.8 Å². The Labute approximate surface area is 172 Å². The third-order valence-electron chi connectivity index (χ3n) is 4.34. The van der Waals surface area contributed by atoms with Crippen molar-refractivity contribution in [1.29, 1.82) is 0 Å². The van der Waals surface area contributed by atoms with E-state index in [9.17, 15) is 14.4 Å². The zero-order valence-corrected chi connectivity index (χ0v) is 16.9. The Morgan fingerprint density at radius 2 is 1.93 bits per heavy atom. The molecule has 2 aromatic rings. The lowest BCUT2D eigenvalue weighted by atomic mass is 10.1. The molecule has 2 amide bonds. The highest BCUT2D eigenvalue weighted by Crippen LogP contribution is 2.23. The van der Waals surface area contributed by atoms with E-state index in [1.54, 1.807) is 42.2 Å². The molecule has 0 aliphatic carbocycles. The standard InChI is InChI=1S/C20H23N3O5S/c1-14-11-16(22-28-14)21-17(24)12-29-13-18(25)27-19(15-7-3-2-4-8-15)20(26)23-9-5-6-10-23/h2-4,7-8,11,19H,5-6,9-10,12-13H2,1H3,(H,21,22,24)/t19-/m0/s1. The molecule has 0 bridgehead atoms. The van der Waals surface area contributed by atoms with E-state index in [1.807, 2.05) is 6.07 Å². The third-order valence-corrected chi connectivity index (χ3v) is 5.25. The second kappa shape index (κ2) is 10.1. The fourth-order valence-corrected chi connectivity index (χ4v) is 3.58. The van der Waals surface area contributed by atoms with E-state index in [2.05, 4.69) is 10.5 Å². The molecule has 8 nitrogen and oxygen atoms in total. The van der Waals surface area contributed by atoms with Crippen LogP contribution in [0.15, 0.2) is 40.9 Å². The Morgan fingerprint density at radius 3 is 2.59 bits per heavy atom. The predicted octanol–water partition coefficient (Wildman–Crippen LogP) is 2.56. The largest absolute Gasteiger partial charge is 0.447 e. The van der Waals surface area contributed by atoms with Gasteiger partial charge in [-0.15, -0.1) is 11.8 Å². The number of hydrogen-bond acceptors (Lipinski definition) is 7. The number of benzene rings is 1. The van der Waals surface area contributed by atoms with E-state index in [0.29, 0.717) is 30.2 Å². The number of rotatable bonds is 8. The van der Waals surface area contributed by atoms with Gasteiger partial charge in [-0.3, -0.25) is 14.4 Å². The monoisotopic (exact) mass is 417 g/mol.